The Morgan fingerprint density at radius 3 is 1.78 bits per heavy atom. The Morgan fingerprint density at radius 1 is 0.750 bits per heavy atom. The lowest BCUT2D eigenvalue weighted by atomic mass is 9.70. The fraction of sp³-hybridized carbons (Fsp3) is 0.286. The van der Waals surface area contributed by atoms with Gasteiger partial charge in [-0.2, -0.15) is 0 Å². The van der Waals surface area contributed by atoms with Gasteiger partial charge in [0.15, 0.2) is 6.10 Å². The van der Waals surface area contributed by atoms with Crippen LogP contribution in [-0.2, 0) is 23.6 Å². The number of rotatable bonds is 5. The molecule has 2 aromatic heterocycles. The number of carbonyl (C=O) groups excluding carboxylic acids is 2. The molecule has 8 nitrogen and oxygen atoms in total. The first kappa shape index (κ1) is 23.5. The standard InChI is InChI=1S/C28H28N4O4/c1-17-9-5-6-10-19(17)24-21-12-8-7-11-20(21)18(2)25(35-27(33)22-13-29-15-31(22)3)26(24)36-28(34)23-14-30-16-32(23)4/h5-16,18,24-26H,1-4H3/t18-,24-,25?,26?/m0/s1. The molecule has 0 aliphatic heterocycles. The number of hydrogen-bond donors (Lipinski definition) is 0. The summed E-state index contributed by atoms with van der Waals surface area (Å²) in [5, 5.41) is 0. The Bertz CT molecular complexity index is 1420. The molecule has 0 bridgehead atoms. The van der Waals surface area contributed by atoms with Crippen molar-refractivity contribution in [1.29, 1.82) is 0 Å². The van der Waals surface area contributed by atoms with E-state index in [1.807, 2.05) is 50.2 Å². The maximum absolute atomic E-state index is 13.4. The van der Waals surface area contributed by atoms with Crippen molar-refractivity contribution in [3.63, 3.8) is 0 Å². The molecule has 4 aromatic rings. The third kappa shape index (κ3) is 4.08. The van der Waals surface area contributed by atoms with Gasteiger partial charge in [0.2, 0.25) is 0 Å². The van der Waals surface area contributed by atoms with E-state index >= 15 is 0 Å². The van der Waals surface area contributed by atoms with Gasteiger partial charge in [-0.1, -0.05) is 55.5 Å². The fourth-order valence-corrected chi connectivity index (χ4v) is 5.10. The number of carbonyl (C=O) groups is 2. The number of nitrogens with zero attached hydrogens (tertiary/aromatic N) is 4. The van der Waals surface area contributed by atoms with E-state index in [9.17, 15) is 9.59 Å². The van der Waals surface area contributed by atoms with Gasteiger partial charge in [-0.15, -0.1) is 0 Å². The van der Waals surface area contributed by atoms with E-state index in [2.05, 4.69) is 22.1 Å². The van der Waals surface area contributed by atoms with Crippen LogP contribution in [-0.4, -0.2) is 43.2 Å². The average Bonchev–Trinajstić information content (AvgIpc) is 3.50. The average molecular weight is 485 g/mol. The second-order valence-electron chi connectivity index (χ2n) is 9.27. The number of benzene rings is 2. The molecule has 0 radical (unpaired) electrons. The summed E-state index contributed by atoms with van der Waals surface area (Å²) in [5.74, 6) is -1.59. The van der Waals surface area contributed by atoms with E-state index in [0.717, 1.165) is 22.3 Å². The first-order chi connectivity index (χ1) is 17.4. The molecule has 0 N–H and O–H groups in total. The highest BCUT2D eigenvalue weighted by atomic mass is 16.6. The lowest BCUT2D eigenvalue weighted by Gasteiger charge is -2.42. The first-order valence-electron chi connectivity index (χ1n) is 11.9. The van der Waals surface area contributed by atoms with Crippen LogP contribution in [0.2, 0.25) is 0 Å². The zero-order chi connectivity index (χ0) is 25.4. The van der Waals surface area contributed by atoms with Crippen LogP contribution >= 0.6 is 0 Å². The normalized spacial score (nSPS) is 21.0. The van der Waals surface area contributed by atoms with Gasteiger partial charge in [-0.25, -0.2) is 19.6 Å². The molecule has 4 atom stereocenters. The Balaban J connectivity index is 1.63. The van der Waals surface area contributed by atoms with E-state index in [4.69, 9.17) is 9.47 Å². The largest absolute Gasteiger partial charge is 0.453 e. The second-order valence-corrected chi connectivity index (χ2v) is 9.27. The smallest absolute Gasteiger partial charge is 0.357 e. The maximum atomic E-state index is 13.4. The first-order valence-corrected chi connectivity index (χ1v) is 11.9. The van der Waals surface area contributed by atoms with Crippen LogP contribution in [0.3, 0.4) is 0 Å². The van der Waals surface area contributed by atoms with E-state index in [1.54, 1.807) is 35.9 Å². The number of aromatic nitrogens is 4. The van der Waals surface area contributed by atoms with Crippen molar-refractivity contribution in [2.45, 2.75) is 37.9 Å². The maximum Gasteiger partial charge on any atom is 0.357 e. The monoisotopic (exact) mass is 484 g/mol. The van der Waals surface area contributed by atoms with Crippen LogP contribution in [0.1, 0.15) is 62.0 Å². The summed E-state index contributed by atoms with van der Waals surface area (Å²) in [4.78, 5) is 34.7. The zero-order valence-corrected chi connectivity index (χ0v) is 20.7. The molecule has 0 spiro atoms. The van der Waals surface area contributed by atoms with Gasteiger partial charge < -0.3 is 18.6 Å². The molecule has 0 saturated heterocycles. The van der Waals surface area contributed by atoms with Crippen LogP contribution in [0.15, 0.2) is 73.6 Å². The van der Waals surface area contributed by atoms with Crippen LogP contribution < -0.4 is 0 Å². The minimum atomic E-state index is -0.768. The van der Waals surface area contributed by atoms with Gasteiger partial charge in [0.25, 0.3) is 0 Å². The second kappa shape index (κ2) is 9.45. The number of ether oxygens (including phenoxy) is 2. The van der Waals surface area contributed by atoms with E-state index < -0.39 is 24.1 Å². The van der Waals surface area contributed by atoms with Crippen molar-refractivity contribution in [2.24, 2.45) is 14.1 Å². The predicted octanol–water partition coefficient (Wildman–Crippen LogP) is 4.16. The van der Waals surface area contributed by atoms with Crippen LogP contribution in [0.25, 0.3) is 0 Å². The van der Waals surface area contributed by atoms with E-state index in [1.165, 1.54) is 12.4 Å². The molecule has 2 unspecified atom stereocenters. The van der Waals surface area contributed by atoms with Gasteiger partial charge in [0.1, 0.15) is 17.5 Å². The molecule has 0 amide bonds. The fourth-order valence-electron chi connectivity index (χ4n) is 5.10. The molecule has 5 rings (SSSR count). The van der Waals surface area contributed by atoms with Crippen LogP contribution in [0.5, 0.6) is 0 Å². The summed E-state index contributed by atoms with van der Waals surface area (Å²) in [7, 11) is 3.47. The number of aryl methyl sites for hydroxylation is 3. The van der Waals surface area contributed by atoms with Crippen molar-refractivity contribution in [1.82, 2.24) is 19.1 Å². The van der Waals surface area contributed by atoms with Gasteiger partial charge >= 0.3 is 11.9 Å². The van der Waals surface area contributed by atoms with Crippen molar-refractivity contribution < 1.29 is 19.1 Å². The lowest BCUT2D eigenvalue weighted by Crippen LogP contribution is -2.47. The van der Waals surface area contributed by atoms with Gasteiger partial charge in [-0.3, -0.25) is 0 Å². The molecule has 2 heterocycles. The van der Waals surface area contributed by atoms with Crippen molar-refractivity contribution >= 4 is 11.9 Å². The highest BCUT2D eigenvalue weighted by Crippen LogP contribution is 2.46. The Morgan fingerprint density at radius 2 is 1.25 bits per heavy atom. The highest BCUT2D eigenvalue weighted by molar-refractivity contribution is 5.88. The number of imidazole rings is 2. The Labute approximate surface area is 209 Å². The zero-order valence-electron chi connectivity index (χ0n) is 20.7. The molecule has 184 valence electrons. The summed E-state index contributed by atoms with van der Waals surface area (Å²) < 4.78 is 15.6. The summed E-state index contributed by atoms with van der Waals surface area (Å²) in [6.07, 6.45) is 4.54. The third-order valence-electron chi connectivity index (χ3n) is 7.03. The minimum Gasteiger partial charge on any atom is -0.453 e. The van der Waals surface area contributed by atoms with E-state index in [-0.39, 0.29) is 11.8 Å². The molecule has 36 heavy (non-hydrogen) atoms. The molecule has 1 aliphatic rings. The predicted molar refractivity (Wildman–Crippen MR) is 133 cm³/mol. The molecular formula is C28H28N4O4. The van der Waals surface area contributed by atoms with Gasteiger partial charge in [-0.05, 0) is 29.2 Å². The van der Waals surface area contributed by atoms with Crippen molar-refractivity contribution in [3.05, 3.63) is 107 Å². The highest BCUT2D eigenvalue weighted by Gasteiger charge is 2.47. The Kier molecular flexibility index (Phi) is 6.18. The topological polar surface area (TPSA) is 88.2 Å². The summed E-state index contributed by atoms with van der Waals surface area (Å²) in [6.45, 7) is 4.03. The number of esters is 2. The summed E-state index contributed by atoms with van der Waals surface area (Å²) in [6, 6.07) is 16.1. The molecule has 8 heteroatoms. The lowest BCUT2D eigenvalue weighted by molar-refractivity contribution is -0.0540. The van der Waals surface area contributed by atoms with Gasteiger partial charge in [0.05, 0.1) is 31.0 Å². The van der Waals surface area contributed by atoms with E-state index in [0.29, 0.717) is 11.4 Å². The SMILES string of the molecule is Cc1ccccc1[C@H]1c2ccccc2[C@H](C)C(OC(=O)c2cncn2C)C1OC(=O)c1cncn1C. The Hall–Kier alpha value is -4.20. The molecule has 0 fully saturated rings. The summed E-state index contributed by atoms with van der Waals surface area (Å²) in [5.41, 5.74) is 4.83. The van der Waals surface area contributed by atoms with Crippen LogP contribution in [0.4, 0.5) is 0 Å². The molecule has 1 aliphatic carbocycles. The van der Waals surface area contributed by atoms with Crippen molar-refractivity contribution in [2.75, 3.05) is 0 Å². The minimum absolute atomic E-state index is 0.219. The molecule has 2 aromatic carbocycles. The van der Waals surface area contributed by atoms with Gasteiger partial charge in [0, 0.05) is 20.0 Å². The molecule has 0 saturated carbocycles. The number of hydrogen-bond acceptors (Lipinski definition) is 6. The summed E-state index contributed by atoms with van der Waals surface area (Å²) >= 11 is 0. The van der Waals surface area contributed by atoms with Crippen LogP contribution in [0, 0.1) is 6.92 Å². The van der Waals surface area contributed by atoms with Crippen molar-refractivity contribution in [3.8, 4) is 0 Å². The number of fused-ring (bicyclic) bond motifs is 1. The third-order valence-corrected chi connectivity index (χ3v) is 7.03. The molecular weight excluding hydrogens is 456 g/mol. The quantitative estimate of drug-likeness (QED) is 0.395.